The number of rotatable bonds is 4. The van der Waals surface area contributed by atoms with Crippen molar-refractivity contribution in [1.29, 1.82) is 0 Å². The molecule has 0 saturated carbocycles. The molecule has 0 fully saturated rings. The van der Waals surface area contributed by atoms with Crippen molar-refractivity contribution in [3.05, 3.63) is 23.1 Å². The summed E-state index contributed by atoms with van der Waals surface area (Å²) >= 11 is 1.15. The van der Waals surface area contributed by atoms with Crippen LogP contribution in [-0.2, 0) is 0 Å². The van der Waals surface area contributed by atoms with Crippen LogP contribution in [0.2, 0.25) is 0 Å². The molecule has 0 aliphatic rings. The Morgan fingerprint density at radius 3 is 2.47 bits per heavy atom. The van der Waals surface area contributed by atoms with Gasteiger partial charge in [0.05, 0.1) is 14.2 Å². The third kappa shape index (κ3) is 2.45. The molecule has 0 saturated heterocycles. The number of aromatic nitrogens is 1. The Balaban J connectivity index is 2.47. The van der Waals surface area contributed by atoms with Crippen LogP contribution >= 0.6 is 11.3 Å². The lowest BCUT2D eigenvalue weighted by atomic mass is 10.2. The maximum Gasteiger partial charge on any atom is 0.262 e. The first-order chi connectivity index (χ1) is 9.06. The maximum absolute atomic E-state index is 11.2. The molecule has 0 bridgehead atoms. The minimum absolute atomic E-state index is 0.141. The van der Waals surface area contributed by atoms with Gasteiger partial charge in [0.25, 0.3) is 5.91 Å². The lowest BCUT2D eigenvalue weighted by Crippen LogP contribution is -2.10. The number of anilines is 1. The van der Waals surface area contributed by atoms with Gasteiger partial charge >= 0.3 is 0 Å². The Morgan fingerprint density at radius 1 is 1.26 bits per heavy atom. The van der Waals surface area contributed by atoms with E-state index in [0.29, 0.717) is 16.5 Å². The van der Waals surface area contributed by atoms with Gasteiger partial charge in [-0.05, 0) is 18.2 Å². The van der Waals surface area contributed by atoms with Gasteiger partial charge < -0.3 is 20.9 Å². The average Bonchev–Trinajstić information content (AvgIpc) is 2.80. The summed E-state index contributed by atoms with van der Waals surface area (Å²) < 4.78 is 10.4. The third-order valence-corrected chi connectivity index (χ3v) is 3.64. The zero-order valence-corrected chi connectivity index (χ0v) is 11.3. The standard InChI is InChI=1S/C12H13N3O3S/c1-17-7-4-3-6(5-8(7)18-2)12-15-10(13)9(19-12)11(14)16/h3-5H,13H2,1-2H3,(H2,14,16). The quantitative estimate of drug-likeness (QED) is 0.883. The van der Waals surface area contributed by atoms with Gasteiger partial charge in [-0.1, -0.05) is 0 Å². The smallest absolute Gasteiger partial charge is 0.262 e. The van der Waals surface area contributed by atoms with Gasteiger partial charge in [0.15, 0.2) is 11.5 Å². The van der Waals surface area contributed by atoms with Gasteiger partial charge in [0.1, 0.15) is 15.7 Å². The van der Waals surface area contributed by atoms with Crippen molar-refractivity contribution in [2.45, 2.75) is 0 Å². The van der Waals surface area contributed by atoms with Crippen LogP contribution in [0.25, 0.3) is 10.6 Å². The highest BCUT2D eigenvalue weighted by atomic mass is 32.1. The van der Waals surface area contributed by atoms with Crippen molar-refractivity contribution in [1.82, 2.24) is 4.98 Å². The number of hydrogen-bond acceptors (Lipinski definition) is 6. The lowest BCUT2D eigenvalue weighted by Gasteiger charge is -2.08. The number of nitrogens with two attached hydrogens (primary N) is 2. The predicted octanol–water partition coefficient (Wildman–Crippen LogP) is 1.51. The molecule has 100 valence electrons. The number of ether oxygens (including phenoxy) is 2. The van der Waals surface area contributed by atoms with Gasteiger partial charge in [-0.15, -0.1) is 11.3 Å². The molecule has 1 heterocycles. The molecule has 0 aliphatic carbocycles. The van der Waals surface area contributed by atoms with Crippen molar-refractivity contribution in [2.75, 3.05) is 20.0 Å². The first-order valence-electron chi connectivity index (χ1n) is 5.35. The van der Waals surface area contributed by atoms with Crippen LogP contribution < -0.4 is 20.9 Å². The fourth-order valence-corrected chi connectivity index (χ4v) is 2.43. The van der Waals surface area contributed by atoms with Crippen LogP contribution in [0.4, 0.5) is 5.82 Å². The van der Waals surface area contributed by atoms with Gasteiger partial charge in [-0.2, -0.15) is 0 Å². The fraction of sp³-hybridized carbons (Fsp3) is 0.167. The highest BCUT2D eigenvalue weighted by Gasteiger charge is 2.15. The third-order valence-electron chi connectivity index (χ3n) is 2.51. The Morgan fingerprint density at radius 2 is 1.95 bits per heavy atom. The highest BCUT2D eigenvalue weighted by molar-refractivity contribution is 7.17. The van der Waals surface area contributed by atoms with Gasteiger partial charge in [0, 0.05) is 5.56 Å². The predicted molar refractivity (Wildman–Crippen MR) is 73.6 cm³/mol. The molecule has 0 atom stereocenters. The summed E-state index contributed by atoms with van der Waals surface area (Å²) in [5.41, 5.74) is 11.6. The summed E-state index contributed by atoms with van der Waals surface area (Å²) in [5, 5.41) is 0.604. The van der Waals surface area contributed by atoms with Crippen LogP contribution in [0.1, 0.15) is 9.67 Å². The van der Waals surface area contributed by atoms with Crippen LogP contribution in [0, 0.1) is 0 Å². The molecular formula is C12H13N3O3S. The normalized spacial score (nSPS) is 10.2. The minimum atomic E-state index is -0.582. The topological polar surface area (TPSA) is 100 Å². The van der Waals surface area contributed by atoms with Gasteiger partial charge in [-0.3, -0.25) is 4.79 Å². The number of carbonyl (C=O) groups excluding carboxylic acids is 1. The molecule has 6 nitrogen and oxygen atoms in total. The first kappa shape index (κ1) is 13.2. The summed E-state index contributed by atoms with van der Waals surface area (Å²) in [6.07, 6.45) is 0. The molecule has 2 aromatic rings. The molecule has 0 radical (unpaired) electrons. The molecule has 4 N–H and O–H groups in total. The van der Waals surface area contributed by atoms with E-state index in [0.717, 1.165) is 16.9 Å². The second kappa shape index (κ2) is 5.15. The summed E-state index contributed by atoms with van der Waals surface area (Å²) in [5.74, 6) is 0.754. The van der Waals surface area contributed by atoms with Crippen LogP contribution in [0.3, 0.4) is 0 Å². The van der Waals surface area contributed by atoms with Crippen molar-refractivity contribution in [2.24, 2.45) is 5.73 Å². The Bertz CT molecular complexity index is 625. The van der Waals surface area contributed by atoms with Crippen LogP contribution in [0.5, 0.6) is 11.5 Å². The largest absolute Gasteiger partial charge is 0.493 e. The van der Waals surface area contributed by atoms with Crippen molar-refractivity contribution < 1.29 is 14.3 Å². The number of primary amides is 1. The van der Waals surface area contributed by atoms with Crippen molar-refractivity contribution in [3.63, 3.8) is 0 Å². The van der Waals surface area contributed by atoms with E-state index < -0.39 is 5.91 Å². The number of benzene rings is 1. The Hall–Kier alpha value is -2.28. The van der Waals surface area contributed by atoms with E-state index in [2.05, 4.69) is 4.98 Å². The molecule has 0 spiro atoms. The molecule has 1 aromatic carbocycles. The van der Waals surface area contributed by atoms with E-state index >= 15 is 0 Å². The maximum atomic E-state index is 11.2. The van der Waals surface area contributed by atoms with Crippen LogP contribution in [-0.4, -0.2) is 25.1 Å². The fourth-order valence-electron chi connectivity index (χ4n) is 1.60. The number of thiazole rings is 1. The Labute approximate surface area is 114 Å². The molecule has 2 rings (SSSR count). The summed E-state index contributed by atoms with van der Waals surface area (Å²) in [6.45, 7) is 0. The number of hydrogen-bond donors (Lipinski definition) is 2. The van der Waals surface area contributed by atoms with E-state index in [1.165, 1.54) is 0 Å². The van der Waals surface area contributed by atoms with E-state index in [4.69, 9.17) is 20.9 Å². The SMILES string of the molecule is COc1ccc(-c2nc(N)c(C(N)=O)s2)cc1OC. The number of nitrogens with zero attached hydrogens (tertiary/aromatic N) is 1. The number of carbonyl (C=O) groups is 1. The monoisotopic (exact) mass is 279 g/mol. The van der Waals surface area contributed by atoms with E-state index in [-0.39, 0.29) is 10.7 Å². The van der Waals surface area contributed by atoms with E-state index in [1.54, 1.807) is 26.4 Å². The van der Waals surface area contributed by atoms with Crippen molar-refractivity contribution in [3.8, 4) is 22.1 Å². The second-order valence-corrected chi connectivity index (χ2v) is 4.67. The lowest BCUT2D eigenvalue weighted by molar-refractivity contribution is 0.100. The van der Waals surface area contributed by atoms with E-state index in [9.17, 15) is 4.79 Å². The molecular weight excluding hydrogens is 266 g/mol. The average molecular weight is 279 g/mol. The Kier molecular flexibility index (Phi) is 3.57. The zero-order valence-electron chi connectivity index (χ0n) is 10.5. The van der Waals surface area contributed by atoms with Gasteiger partial charge in [-0.25, -0.2) is 4.98 Å². The second-order valence-electron chi connectivity index (χ2n) is 3.67. The summed E-state index contributed by atoms with van der Waals surface area (Å²) in [7, 11) is 3.11. The molecule has 1 amide bonds. The molecule has 0 unspecified atom stereocenters. The molecule has 1 aromatic heterocycles. The number of amides is 1. The summed E-state index contributed by atoms with van der Waals surface area (Å²) in [6, 6.07) is 5.34. The molecule has 0 aliphatic heterocycles. The van der Waals surface area contributed by atoms with Crippen LogP contribution in [0.15, 0.2) is 18.2 Å². The molecule has 19 heavy (non-hydrogen) atoms. The van der Waals surface area contributed by atoms with Crippen molar-refractivity contribution >= 4 is 23.1 Å². The first-order valence-corrected chi connectivity index (χ1v) is 6.17. The number of nitrogen functional groups attached to an aromatic ring is 1. The van der Waals surface area contributed by atoms with Gasteiger partial charge in [0.2, 0.25) is 0 Å². The zero-order chi connectivity index (χ0) is 14.0. The number of methoxy groups -OCH3 is 2. The summed E-state index contributed by atoms with van der Waals surface area (Å²) in [4.78, 5) is 15.5. The highest BCUT2D eigenvalue weighted by Crippen LogP contribution is 2.35. The minimum Gasteiger partial charge on any atom is -0.493 e. The molecule has 7 heteroatoms. The van der Waals surface area contributed by atoms with E-state index in [1.807, 2.05) is 6.07 Å².